The number of carboxylic acids is 1. The molecule has 0 aliphatic heterocycles. The second kappa shape index (κ2) is 9.41. The molecule has 3 aromatic rings. The number of anilines is 1. The lowest BCUT2D eigenvalue weighted by Crippen LogP contribution is -2.29. The van der Waals surface area contributed by atoms with Crippen LogP contribution in [0.3, 0.4) is 0 Å². The summed E-state index contributed by atoms with van der Waals surface area (Å²) in [5.41, 5.74) is 2.75. The maximum absolute atomic E-state index is 12.8. The summed E-state index contributed by atoms with van der Waals surface area (Å²) in [6.45, 7) is 3.12. The molecule has 156 valence electrons. The van der Waals surface area contributed by atoms with Gasteiger partial charge in [-0.15, -0.1) is 0 Å². The number of nitriles is 1. The third kappa shape index (κ3) is 5.36. The number of nitrogens with zero attached hydrogens (tertiary/aromatic N) is 3. The van der Waals surface area contributed by atoms with E-state index in [0.717, 1.165) is 11.3 Å². The van der Waals surface area contributed by atoms with Gasteiger partial charge in [-0.2, -0.15) is 10.4 Å². The van der Waals surface area contributed by atoms with E-state index in [4.69, 9.17) is 4.74 Å². The standard InChI is InChI=1S/C23H20N4O4/c1-15-7-9-19(10-8-15)27-21(11-16(2)26-27)25-23(30)18(13-24)12-17-5-3-4-6-20(17)31-14-22(28)29/h3-12H,14H2,1-2H3,(H,25,30)(H,28,29)/p-1/b18-12+. The number of aromatic nitrogens is 2. The lowest BCUT2D eigenvalue weighted by molar-refractivity contribution is -0.307. The number of carbonyl (C=O) groups is 2. The van der Waals surface area contributed by atoms with Crippen LogP contribution in [-0.2, 0) is 9.59 Å². The highest BCUT2D eigenvalue weighted by molar-refractivity contribution is 6.09. The number of nitrogens with one attached hydrogen (secondary N) is 1. The zero-order valence-corrected chi connectivity index (χ0v) is 17.0. The molecule has 3 rings (SSSR count). The van der Waals surface area contributed by atoms with E-state index < -0.39 is 18.5 Å². The fraction of sp³-hybridized carbons (Fsp3) is 0.130. The van der Waals surface area contributed by atoms with Gasteiger partial charge < -0.3 is 20.0 Å². The normalized spacial score (nSPS) is 10.9. The summed E-state index contributed by atoms with van der Waals surface area (Å²) in [7, 11) is 0. The van der Waals surface area contributed by atoms with Crippen molar-refractivity contribution in [3.05, 3.63) is 77.0 Å². The molecule has 0 bridgehead atoms. The van der Waals surface area contributed by atoms with E-state index >= 15 is 0 Å². The van der Waals surface area contributed by atoms with Crippen molar-refractivity contribution in [2.45, 2.75) is 13.8 Å². The van der Waals surface area contributed by atoms with Gasteiger partial charge in [-0.25, -0.2) is 4.68 Å². The molecule has 31 heavy (non-hydrogen) atoms. The van der Waals surface area contributed by atoms with Crippen LogP contribution in [0.15, 0.2) is 60.2 Å². The van der Waals surface area contributed by atoms with Crippen molar-refractivity contribution >= 4 is 23.8 Å². The SMILES string of the molecule is Cc1ccc(-n2nc(C)cc2NC(=O)/C(C#N)=C/c2ccccc2OCC(=O)[O-])cc1. The first-order valence-electron chi connectivity index (χ1n) is 9.36. The van der Waals surface area contributed by atoms with Crippen LogP contribution in [0, 0.1) is 25.2 Å². The van der Waals surface area contributed by atoms with Crippen LogP contribution in [0.5, 0.6) is 5.75 Å². The summed E-state index contributed by atoms with van der Waals surface area (Å²) in [6, 6.07) is 17.7. The fourth-order valence-electron chi connectivity index (χ4n) is 2.83. The van der Waals surface area contributed by atoms with Gasteiger partial charge in [0.25, 0.3) is 5.91 Å². The van der Waals surface area contributed by atoms with Gasteiger partial charge in [0.1, 0.15) is 29.8 Å². The first-order valence-corrected chi connectivity index (χ1v) is 9.36. The molecule has 0 fully saturated rings. The molecule has 0 unspecified atom stereocenters. The van der Waals surface area contributed by atoms with Crippen molar-refractivity contribution in [2.75, 3.05) is 11.9 Å². The third-order valence-electron chi connectivity index (χ3n) is 4.28. The Morgan fingerprint density at radius 2 is 1.90 bits per heavy atom. The minimum absolute atomic E-state index is 0.182. The molecule has 8 heteroatoms. The van der Waals surface area contributed by atoms with E-state index in [2.05, 4.69) is 10.4 Å². The summed E-state index contributed by atoms with van der Waals surface area (Å²) < 4.78 is 6.75. The molecule has 1 aromatic heterocycles. The van der Waals surface area contributed by atoms with Crippen LogP contribution < -0.4 is 15.2 Å². The molecule has 1 amide bonds. The lowest BCUT2D eigenvalue weighted by Gasteiger charge is -2.11. The number of rotatable bonds is 7. The van der Waals surface area contributed by atoms with E-state index in [1.165, 1.54) is 12.1 Å². The summed E-state index contributed by atoms with van der Waals surface area (Å²) >= 11 is 0. The van der Waals surface area contributed by atoms with Gasteiger partial charge >= 0.3 is 0 Å². The highest BCUT2D eigenvalue weighted by Crippen LogP contribution is 2.22. The van der Waals surface area contributed by atoms with E-state index in [1.807, 2.05) is 37.3 Å². The maximum Gasteiger partial charge on any atom is 0.267 e. The van der Waals surface area contributed by atoms with Crippen molar-refractivity contribution in [2.24, 2.45) is 0 Å². The Hall–Kier alpha value is -4.38. The Morgan fingerprint density at radius 3 is 2.58 bits per heavy atom. The monoisotopic (exact) mass is 415 g/mol. The second-order valence-electron chi connectivity index (χ2n) is 6.74. The van der Waals surface area contributed by atoms with Crippen LogP contribution >= 0.6 is 0 Å². The fourth-order valence-corrected chi connectivity index (χ4v) is 2.83. The number of hydrogen-bond acceptors (Lipinski definition) is 6. The number of hydrogen-bond donors (Lipinski definition) is 1. The van der Waals surface area contributed by atoms with Crippen molar-refractivity contribution in [1.82, 2.24) is 9.78 Å². The van der Waals surface area contributed by atoms with Crippen LogP contribution in [0.1, 0.15) is 16.8 Å². The van der Waals surface area contributed by atoms with E-state index in [1.54, 1.807) is 35.9 Å². The smallest absolute Gasteiger partial charge is 0.267 e. The maximum atomic E-state index is 12.8. The highest BCUT2D eigenvalue weighted by Gasteiger charge is 2.15. The van der Waals surface area contributed by atoms with E-state index in [0.29, 0.717) is 17.1 Å². The Balaban J connectivity index is 1.88. The number of aliphatic carboxylic acids is 1. The predicted octanol–water partition coefficient (Wildman–Crippen LogP) is 2.16. The molecular weight excluding hydrogens is 396 g/mol. The summed E-state index contributed by atoms with van der Waals surface area (Å²) in [5.74, 6) is -1.39. The largest absolute Gasteiger partial charge is 0.546 e. The molecule has 1 heterocycles. The molecule has 0 aliphatic carbocycles. The first kappa shape index (κ1) is 21.3. The number of carboxylic acid groups (broad SMARTS) is 1. The lowest BCUT2D eigenvalue weighted by atomic mass is 10.1. The van der Waals surface area contributed by atoms with Crippen molar-refractivity contribution in [3.63, 3.8) is 0 Å². The third-order valence-corrected chi connectivity index (χ3v) is 4.28. The van der Waals surface area contributed by atoms with Crippen LogP contribution in [0.4, 0.5) is 5.82 Å². The van der Waals surface area contributed by atoms with Crippen LogP contribution in [-0.4, -0.2) is 28.3 Å². The average molecular weight is 415 g/mol. The average Bonchev–Trinajstić information content (AvgIpc) is 3.11. The summed E-state index contributed by atoms with van der Waals surface area (Å²) in [5, 5.41) is 27.3. The van der Waals surface area contributed by atoms with Gasteiger partial charge in [0.05, 0.1) is 17.4 Å². The zero-order valence-electron chi connectivity index (χ0n) is 17.0. The molecule has 0 saturated heterocycles. The molecule has 0 spiro atoms. The molecule has 0 radical (unpaired) electrons. The number of ether oxygens (including phenoxy) is 1. The molecule has 8 nitrogen and oxygen atoms in total. The number of aryl methyl sites for hydroxylation is 2. The highest BCUT2D eigenvalue weighted by atomic mass is 16.5. The van der Waals surface area contributed by atoms with E-state index in [-0.39, 0.29) is 11.3 Å². The first-order chi connectivity index (χ1) is 14.9. The molecule has 0 saturated carbocycles. The van der Waals surface area contributed by atoms with E-state index in [9.17, 15) is 20.0 Å². The van der Waals surface area contributed by atoms with Gasteiger partial charge in [0.2, 0.25) is 0 Å². The number of carbonyl (C=O) groups excluding carboxylic acids is 2. The topological polar surface area (TPSA) is 120 Å². The summed E-state index contributed by atoms with van der Waals surface area (Å²) in [6.07, 6.45) is 1.33. The van der Waals surface area contributed by atoms with Gasteiger partial charge in [0.15, 0.2) is 0 Å². The van der Waals surface area contributed by atoms with Gasteiger partial charge in [0, 0.05) is 11.6 Å². The zero-order chi connectivity index (χ0) is 22.4. The summed E-state index contributed by atoms with van der Waals surface area (Å²) in [4.78, 5) is 23.5. The minimum atomic E-state index is -1.38. The van der Waals surface area contributed by atoms with Crippen molar-refractivity contribution in [1.29, 1.82) is 5.26 Å². The molecule has 1 N–H and O–H groups in total. The Morgan fingerprint density at radius 1 is 1.19 bits per heavy atom. The Bertz CT molecular complexity index is 1190. The van der Waals surface area contributed by atoms with Gasteiger partial charge in [-0.3, -0.25) is 4.79 Å². The van der Waals surface area contributed by atoms with Gasteiger partial charge in [-0.1, -0.05) is 35.9 Å². The molecule has 2 aromatic carbocycles. The number of amides is 1. The van der Waals surface area contributed by atoms with Crippen molar-refractivity contribution in [3.8, 4) is 17.5 Å². The molecule has 0 atom stereocenters. The number of para-hydroxylation sites is 1. The predicted molar refractivity (Wildman–Crippen MR) is 112 cm³/mol. The van der Waals surface area contributed by atoms with Gasteiger partial charge in [-0.05, 0) is 38.1 Å². The van der Waals surface area contributed by atoms with Crippen molar-refractivity contribution < 1.29 is 19.4 Å². The second-order valence-corrected chi connectivity index (χ2v) is 6.74. The van der Waals surface area contributed by atoms with Crippen LogP contribution in [0.2, 0.25) is 0 Å². The minimum Gasteiger partial charge on any atom is -0.546 e. The Kier molecular flexibility index (Phi) is 6.48. The molecule has 0 aliphatic rings. The number of benzene rings is 2. The quantitative estimate of drug-likeness (QED) is 0.466. The van der Waals surface area contributed by atoms with Crippen LogP contribution in [0.25, 0.3) is 11.8 Å². The Labute approximate surface area is 179 Å². The molecular formula is C23H19N4O4-.